The summed E-state index contributed by atoms with van der Waals surface area (Å²) in [5.41, 5.74) is 3.07. The van der Waals surface area contributed by atoms with Crippen LogP contribution in [-0.4, -0.2) is 36.2 Å². The second kappa shape index (κ2) is 8.68. The van der Waals surface area contributed by atoms with E-state index in [0.29, 0.717) is 5.56 Å². The Morgan fingerprint density at radius 3 is 2.64 bits per heavy atom. The summed E-state index contributed by atoms with van der Waals surface area (Å²) in [5, 5.41) is 5.36. The molecular weight excluding hydrogens is 396 g/mol. The first-order valence-electron chi connectivity index (χ1n) is 8.75. The molecule has 3 rings (SSSR count). The highest BCUT2D eigenvalue weighted by Gasteiger charge is 2.18. The predicted octanol–water partition coefficient (Wildman–Crippen LogP) is 2.40. The lowest BCUT2D eigenvalue weighted by Gasteiger charge is -2.09. The van der Waals surface area contributed by atoms with Crippen LogP contribution >= 0.6 is 11.3 Å². The molecule has 0 spiro atoms. The Morgan fingerprint density at radius 1 is 1.21 bits per heavy atom. The molecule has 2 aromatic heterocycles. The Hall–Kier alpha value is -2.49. The lowest BCUT2D eigenvalue weighted by atomic mass is 10.2. The molecular formula is C19H22N4O3S2. The average molecular weight is 419 g/mol. The predicted molar refractivity (Wildman–Crippen MR) is 110 cm³/mol. The molecule has 1 aromatic carbocycles. The summed E-state index contributed by atoms with van der Waals surface area (Å²) < 4.78 is 28.7. The van der Waals surface area contributed by atoms with E-state index in [2.05, 4.69) is 15.0 Å². The maximum atomic E-state index is 12.5. The van der Waals surface area contributed by atoms with Crippen molar-refractivity contribution >= 4 is 27.3 Å². The van der Waals surface area contributed by atoms with Gasteiger partial charge in [0.2, 0.25) is 10.0 Å². The van der Waals surface area contributed by atoms with E-state index < -0.39 is 10.0 Å². The lowest BCUT2D eigenvalue weighted by molar-refractivity contribution is 0.0955. The summed E-state index contributed by atoms with van der Waals surface area (Å²) in [4.78, 5) is 16.8. The number of carbonyl (C=O) groups is 1. The van der Waals surface area contributed by atoms with Crippen molar-refractivity contribution in [2.75, 3.05) is 12.3 Å². The van der Waals surface area contributed by atoms with Gasteiger partial charge < -0.3 is 5.32 Å². The Bertz CT molecular complexity index is 1040. The second-order valence-electron chi connectivity index (χ2n) is 6.32. The van der Waals surface area contributed by atoms with Crippen LogP contribution in [0.15, 0.2) is 48.0 Å². The summed E-state index contributed by atoms with van der Waals surface area (Å²) in [6.45, 7) is 4.01. The fourth-order valence-electron chi connectivity index (χ4n) is 2.87. The molecule has 2 heterocycles. The fraction of sp³-hybridized carbons (Fsp3) is 0.263. The van der Waals surface area contributed by atoms with Crippen LogP contribution in [-0.2, 0) is 16.6 Å². The first kappa shape index (κ1) is 20.2. The highest BCUT2D eigenvalue weighted by Crippen LogP contribution is 2.22. The molecule has 0 aliphatic rings. The number of carbonyl (C=O) groups excluding carboxylic acids is 1. The van der Waals surface area contributed by atoms with Crippen molar-refractivity contribution in [3.05, 3.63) is 70.5 Å². The standard InChI is InChI=1S/C19H22N4O3S2/c1-14-12-17(15(2)23(14)19-21-8-10-27-19)18(24)20-9-11-28(25,26)22-13-16-6-4-3-5-7-16/h3-8,10,12,22H,9,11,13H2,1-2H3,(H,20,24). The molecule has 0 bridgehead atoms. The maximum absolute atomic E-state index is 12.5. The third kappa shape index (κ3) is 4.86. The number of aryl methyl sites for hydroxylation is 1. The van der Waals surface area contributed by atoms with Gasteiger partial charge in [0, 0.05) is 36.1 Å². The largest absolute Gasteiger partial charge is 0.351 e. The molecule has 0 unspecified atom stereocenters. The zero-order valence-electron chi connectivity index (χ0n) is 15.7. The maximum Gasteiger partial charge on any atom is 0.253 e. The number of nitrogens with one attached hydrogen (secondary N) is 2. The Labute approximate surface area is 168 Å². The van der Waals surface area contributed by atoms with E-state index in [-0.39, 0.29) is 24.7 Å². The van der Waals surface area contributed by atoms with E-state index in [9.17, 15) is 13.2 Å². The van der Waals surface area contributed by atoms with Crippen LogP contribution in [0.4, 0.5) is 0 Å². The molecule has 0 aliphatic carbocycles. The van der Waals surface area contributed by atoms with Gasteiger partial charge >= 0.3 is 0 Å². The Balaban J connectivity index is 1.56. The molecule has 148 valence electrons. The van der Waals surface area contributed by atoms with Crippen molar-refractivity contribution in [2.45, 2.75) is 20.4 Å². The second-order valence-corrected chi connectivity index (χ2v) is 9.12. The number of benzene rings is 1. The van der Waals surface area contributed by atoms with Crippen LogP contribution in [0.1, 0.15) is 27.3 Å². The van der Waals surface area contributed by atoms with Crippen molar-refractivity contribution in [1.29, 1.82) is 0 Å². The number of hydrogen-bond acceptors (Lipinski definition) is 5. The molecule has 0 saturated heterocycles. The van der Waals surface area contributed by atoms with Gasteiger partial charge in [-0.05, 0) is 25.5 Å². The highest BCUT2D eigenvalue weighted by atomic mass is 32.2. The Kier molecular flexibility index (Phi) is 6.28. The van der Waals surface area contributed by atoms with Gasteiger partial charge in [-0.2, -0.15) is 0 Å². The summed E-state index contributed by atoms with van der Waals surface area (Å²) >= 11 is 1.49. The molecule has 0 fully saturated rings. The van der Waals surface area contributed by atoms with Gasteiger partial charge in [-0.15, -0.1) is 11.3 Å². The topological polar surface area (TPSA) is 93.1 Å². The minimum atomic E-state index is -3.48. The summed E-state index contributed by atoms with van der Waals surface area (Å²) in [5.74, 6) is -0.481. The van der Waals surface area contributed by atoms with E-state index >= 15 is 0 Å². The van der Waals surface area contributed by atoms with Crippen molar-refractivity contribution in [2.24, 2.45) is 0 Å². The summed E-state index contributed by atoms with van der Waals surface area (Å²) in [7, 11) is -3.48. The summed E-state index contributed by atoms with van der Waals surface area (Å²) in [6, 6.07) is 11.1. The Morgan fingerprint density at radius 2 is 1.96 bits per heavy atom. The number of amides is 1. The smallest absolute Gasteiger partial charge is 0.253 e. The van der Waals surface area contributed by atoms with Gasteiger partial charge in [-0.25, -0.2) is 18.1 Å². The third-order valence-electron chi connectivity index (χ3n) is 4.28. The number of rotatable bonds is 8. The van der Waals surface area contributed by atoms with Crippen LogP contribution in [0.3, 0.4) is 0 Å². The normalized spacial score (nSPS) is 11.5. The summed E-state index contributed by atoms with van der Waals surface area (Å²) in [6.07, 6.45) is 1.71. The van der Waals surface area contributed by atoms with Crippen LogP contribution in [0.2, 0.25) is 0 Å². The minimum Gasteiger partial charge on any atom is -0.351 e. The number of nitrogens with zero attached hydrogens (tertiary/aromatic N) is 2. The molecule has 0 saturated carbocycles. The quantitative estimate of drug-likeness (QED) is 0.587. The van der Waals surface area contributed by atoms with E-state index in [1.54, 1.807) is 12.3 Å². The molecule has 9 heteroatoms. The molecule has 28 heavy (non-hydrogen) atoms. The number of hydrogen-bond donors (Lipinski definition) is 2. The molecule has 2 N–H and O–H groups in total. The van der Waals surface area contributed by atoms with Crippen LogP contribution in [0.5, 0.6) is 0 Å². The first-order chi connectivity index (χ1) is 13.4. The molecule has 0 radical (unpaired) electrons. The van der Waals surface area contributed by atoms with Gasteiger partial charge in [0.1, 0.15) is 0 Å². The number of sulfonamides is 1. The van der Waals surface area contributed by atoms with Crippen LogP contribution < -0.4 is 10.0 Å². The van der Waals surface area contributed by atoms with E-state index in [0.717, 1.165) is 22.1 Å². The molecule has 0 atom stereocenters. The van der Waals surface area contributed by atoms with E-state index in [4.69, 9.17) is 0 Å². The first-order valence-corrected chi connectivity index (χ1v) is 11.3. The zero-order chi connectivity index (χ0) is 20.1. The van der Waals surface area contributed by atoms with Gasteiger partial charge in [0.15, 0.2) is 5.13 Å². The number of aromatic nitrogens is 2. The monoisotopic (exact) mass is 418 g/mol. The number of thiazole rings is 1. The van der Waals surface area contributed by atoms with Crippen molar-refractivity contribution < 1.29 is 13.2 Å². The SMILES string of the molecule is Cc1cc(C(=O)NCCS(=O)(=O)NCc2ccccc2)c(C)n1-c1nccs1. The van der Waals surface area contributed by atoms with Crippen LogP contribution in [0.25, 0.3) is 5.13 Å². The minimum absolute atomic E-state index is 0.0316. The fourth-order valence-corrected chi connectivity index (χ4v) is 4.52. The average Bonchev–Trinajstić information content (AvgIpc) is 3.28. The molecule has 7 nitrogen and oxygen atoms in total. The van der Waals surface area contributed by atoms with Crippen LogP contribution in [0, 0.1) is 13.8 Å². The van der Waals surface area contributed by atoms with Gasteiger partial charge in [-0.1, -0.05) is 30.3 Å². The van der Waals surface area contributed by atoms with E-state index in [1.165, 1.54) is 11.3 Å². The van der Waals surface area contributed by atoms with Gasteiger partial charge in [-0.3, -0.25) is 9.36 Å². The van der Waals surface area contributed by atoms with E-state index in [1.807, 2.05) is 54.1 Å². The van der Waals surface area contributed by atoms with Crippen molar-refractivity contribution in [3.63, 3.8) is 0 Å². The highest BCUT2D eigenvalue weighted by molar-refractivity contribution is 7.89. The van der Waals surface area contributed by atoms with Gasteiger partial charge in [0.05, 0.1) is 11.3 Å². The molecule has 1 amide bonds. The third-order valence-corrected chi connectivity index (χ3v) is 6.36. The zero-order valence-corrected chi connectivity index (χ0v) is 17.3. The molecule has 0 aliphatic heterocycles. The lowest BCUT2D eigenvalue weighted by Crippen LogP contribution is -2.34. The van der Waals surface area contributed by atoms with Crippen molar-refractivity contribution in [1.82, 2.24) is 19.6 Å². The molecule has 3 aromatic rings. The van der Waals surface area contributed by atoms with Gasteiger partial charge in [0.25, 0.3) is 5.91 Å². The van der Waals surface area contributed by atoms with Crippen molar-refractivity contribution in [3.8, 4) is 5.13 Å².